The molecule has 0 spiro atoms. The van der Waals surface area contributed by atoms with Crippen LogP contribution in [0.5, 0.6) is 0 Å². The van der Waals surface area contributed by atoms with E-state index in [0.717, 1.165) is 10.9 Å². The number of nitrogens with zero attached hydrogens (tertiary/aromatic N) is 1. The number of hydrogen-bond acceptors (Lipinski definition) is 3. The number of benzene rings is 3. The number of fused-ring (bicyclic) bond motifs is 1. The van der Waals surface area contributed by atoms with Crippen LogP contribution in [0.1, 0.15) is 22.9 Å². The molecule has 0 radical (unpaired) electrons. The van der Waals surface area contributed by atoms with Crippen molar-refractivity contribution in [1.29, 1.82) is 0 Å². The molecule has 1 heterocycles. The van der Waals surface area contributed by atoms with E-state index in [-0.39, 0.29) is 4.90 Å². The number of aromatic nitrogens is 1. The maximum atomic E-state index is 13.5. The van der Waals surface area contributed by atoms with E-state index in [4.69, 9.17) is 0 Å². The van der Waals surface area contributed by atoms with Gasteiger partial charge in [0.2, 0.25) is 0 Å². The molecule has 5 heteroatoms. The van der Waals surface area contributed by atoms with Gasteiger partial charge in [-0.3, -0.25) is 0 Å². The summed E-state index contributed by atoms with van der Waals surface area (Å²) >= 11 is 0. The summed E-state index contributed by atoms with van der Waals surface area (Å²) in [6.45, 7) is 1.85. The van der Waals surface area contributed by atoms with Crippen LogP contribution in [0, 0.1) is 6.92 Å². The smallest absolute Gasteiger partial charge is 0.268 e. The molecule has 0 bridgehead atoms. The lowest BCUT2D eigenvalue weighted by Gasteiger charge is -2.17. The SMILES string of the molecule is Cc1c(C(O)c2ccccc2)n(S(=O)(=O)c2ccccc2)c2ccccc12. The van der Waals surface area contributed by atoms with Crippen molar-refractivity contribution in [3.63, 3.8) is 0 Å². The van der Waals surface area contributed by atoms with Gasteiger partial charge in [0, 0.05) is 5.39 Å². The largest absolute Gasteiger partial charge is 0.382 e. The molecule has 1 atom stereocenters. The van der Waals surface area contributed by atoms with E-state index < -0.39 is 16.1 Å². The number of hydrogen-bond donors (Lipinski definition) is 1. The molecule has 4 rings (SSSR count). The van der Waals surface area contributed by atoms with Gasteiger partial charge in [0.1, 0.15) is 6.10 Å². The molecule has 136 valence electrons. The third-order valence-corrected chi connectivity index (χ3v) is 6.53. The average Bonchev–Trinajstić information content (AvgIpc) is 3.02. The van der Waals surface area contributed by atoms with Gasteiger partial charge in [0.05, 0.1) is 16.1 Å². The van der Waals surface area contributed by atoms with E-state index in [0.29, 0.717) is 16.8 Å². The molecule has 27 heavy (non-hydrogen) atoms. The summed E-state index contributed by atoms with van der Waals surface area (Å²) in [4.78, 5) is 0.187. The Balaban J connectivity index is 2.05. The zero-order chi connectivity index (χ0) is 19.0. The summed E-state index contributed by atoms with van der Waals surface area (Å²) in [5, 5.41) is 11.9. The van der Waals surface area contributed by atoms with Crippen molar-refractivity contribution in [2.75, 3.05) is 0 Å². The molecule has 0 aliphatic carbocycles. The van der Waals surface area contributed by atoms with Crippen molar-refractivity contribution >= 4 is 20.9 Å². The maximum absolute atomic E-state index is 13.5. The Morgan fingerprint density at radius 3 is 2.04 bits per heavy atom. The lowest BCUT2D eigenvalue weighted by molar-refractivity contribution is 0.214. The Labute approximate surface area is 158 Å². The molecule has 0 aliphatic rings. The molecule has 1 N–H and O–H groups in total. The second-order valence-electron chi connectivity index (χ2n) is 6.42. The van der Waals surface area contributed by atoms with Crippen molar-refractivity contribution in [2.24, 2.45) is 0 Å². The summed E-state index contributed by atoms with van der Waals surface area (Å²) in [6.07, 6.45) is -1.06. The standard InChI is InChI=1S/C22H19NO3S/c1-16-19-14-8-9-15-20(19)23(27(25,26)18-12-6-3-7-13-18)21(16)22(24)17-10-4-2-5-11-17/h2-15,22,24H,1H3. The molecule has 0 aliphatic heterocycles. The third-order valence-electron chi connectivity index (χ3n) is 4.79. The van der Waals surface area contributed by atoms with Crippen LogP contribution in [0.4, 0.5) is 0 Å². The molecular weight excluding hydrogens is 358 g/mol. The number of para-hydroxylation sites is 1. The second-order valence-corrected chi connectivity index (χ2v) is 8.21. The molecule has 0 amide bonds. The topological polar surface area (TPSA) is 59.3 Å². The molecule has 1 unspecified atom stereocenters. The van der Waals surface area contributed by atoms with Gasteiger partial charge in [-0.25, -0.2) is 12.4 Å². The van der Waals surface area contributed by atoms with Crippen molar-refractivity contribution in [2.45, 2.75) is 17.9 Å². The minimum absolute atomic E-state index is 0.187. The van der Waals surface area contributed by atoms with Gasteiger partial charge < -0.3 is 5.11 Å². The van der Waals surface area contributed by atoms with Gasteiger partial charge in [-0.1, -0.05) is 66.7 Å². The number of rotatable bonds is 4. The van der Waals surface area contributed by atoms with Gasteiger partial charge in [-0.05, 0) is 36.2 Å². The van der Waals surface area contributed by atoms with Crippen LogP contribution in [0.2, 0.25) is 0 Å². The fourth-order valence-corrected chi connectivity index (χ4v) is 5.08. The molecule has 0 saturated carbocycles. The first-order valence-corrected chi connectivity index (χ1v) is 10.1. The van der Waals surface area contributed by atoms with Crippen molar-refractivity contribution < 1.29 is 13.5 Å². The monoisotopic (exact) mass is 377 g/mol. The summed E-state index contributed by atoms with van der Waals surface area (Å²) in [7, 11) is -3.87. The van der Waals surface area contributed by atoms with Crippen molar-refractivity contribution in [1.82, 2.24) is 3.97 Å². The maximum Gasteiger partial charge on any atom is 0.268 e. The molecule has 3 aromatic carbocycles. The summed E-state index contributed by atoms with van der Waals surface area (Å²) < 4.78 is 28.2. The van der Waals surface area contributed by atoms with E-state index in [2.05, 4.69) is 0 Å². The molecule has 0 saturated heterocycles. The highest BCUT2D eigenvalue weighted by Gasteiger charge is 2.29. The number of aryl methyl sites for hydroxylation is 1. The second kappa shape index (κ2) is 6.68. The van der Waals surface area contributed by atoms with Gasteiger partial charge in [0.25, 0.3) is 10.0 Å². The zero-order valence-corrected chi connectivity index (χ0v) is 15.6. The first kappa shape index (κ1) is 17.5. The van der Waals surface area contributed by atoms with E-state index in [1.165, 1.54) is 3.97 Å². The summed E-state index contributed by atoms with van der Waals surface area (Å²) in [6, 6.07) is 24.7. The van der Waals surface area contributed by atoms with E-state index >= 15 is 0 Å². The first-order valence-electron chi connectivity index (χ1n) is 8.65. The quantitative estimate of drug-likeness (QED) is 0.578. The van der Waals surface area contributed by atoms with Gasteiger partial charge in [-0.2, -0.15) is 0 Å². The van der Waals surface area contributed by atoms with Gasteiger partial charge in [-0.15, -0.1) is 0 Å². The predicted molar refractivity (Wildman–Crippen MR) is 106 cm³/mol. The van der Waals surface area contributed by atoms with Crippen LogP contribution >= 0.6 is 0 Å². The Morgan fingerprint density at radius 2 is 1.37 bits per heavy atom. The molecule has 0 fully saturated rings. The molecule has 4 aromatic rings. The molecule has 4 nitrogen and oxygen atoms in total. The van der Waals surface area contributed by atoms with Crippen LogP contribution in [0.25, 0.3) is 10.9 Å². The Kier molecular flexibility index (Phi) is 4.34. The number of aliphatic hydroxyl groups is 1. The van der Waals surface area contributed by atoms with Crippen LogP contribution < -0.4 is 0 Å². The first-order chi connectivity index (χ1) is 13.0. The number of aliphatic hydroxyl groups excluding tert-OH is 1. The summed E-state index contributed by atoms with van der Waals surface area (Å²) in [5.74, 6) is 0. The van der Waals surface area contributed by atoms with E-state index in [9.17, 15) is 13.5 Å². The summed E-state index contributed by atoms with van der Waals surface area (Å²) in [5.41, 5.74) is 2.32. The molecule has 1 aromatic heterocycles. The van der Waals surface area contributed by atoms with Gasteiger partial charge >= 0.3 is 0 Å². The van der Waals surface area contributed by atoms with E-state index in [1.807, 2.05) is 37.3 Å². The fourth-order valence-electron chi connectivity index (χ4n) is 3.45. The Morgan fingerprint density at radius 1 is 0.815 bits per heavy atom. The molecular formula is C22H19NO3S. The van der Waals surface area contributed by atoms with E-state index in [1.54, 1.807) is 54.6 Å². The van der Waals surface area contributed by atoms with Crippen molar-refractivity contribution in [3.05, 3.63) is 102 Å². The Bertz CT molecular complexity index is 1200. The normalized spacial score (nSPS) is 13.0. The van der Waals surface area contributed by atoms with Crippen LogP contribution in [-0.4, -0.2) is 17.5 Å². The van der Waals surface area contributed by atoms with Gasteiger partial charge in [0.15, 0.2) is 0 Å². The highest BCUT2D eigenvalue weighted by Crippen LogP contribution is 2.35. The van der Waals surface area contributed by atoms with Crippen LogP contribution in [-0.2, 0) is 10.0 Å². The average molecular weight is 377 g/mol. The zero-order valence-electron chi connectivity index (χ0n) is 14.8. The minimum Gasteiger partial charge on any atom is -0.382 e. The minimum atomic E-state index is -3.87. The predicted octanol–water partition coefficient (Wildman–Crippen LogP) is 4.27. The Hall–Kier alpha value is -2.89. The lowest BCUT2D eigenvalue weighted by Crippen LogP contribution is -2.18. The lowest BCUT2D eigenvalue weighted by atomic mass is 10.0. The highest BCUT2D eigenvalue weighted by molar-refractivity contribution is 7.90. The highest BCUT2D eigenvalue weighted by atomic mass is 32.2. The fraction of sp³-hybridized carbons (Fsp3) is 0.0909. The third kappa shape index (κ3) is 2.85. The van der Waals surface area contributed by atoms with Crippen LogP contribution in [0.3, 0.4) is 0 Å². The van der Waals surface area contributed by atoms with Crippen LogP contribution in [0.15, 0.2) is 89.8 Å². The van der Waals surface area contributed by atoms with Crippen molar-refractivity contribution in [3.8, 4) is 0 Å².